The molecule has 1 aromatic carbocycles. The van der Waals surface area contributed by atoms with Gasteiger partial charge in [-0.1, -0.05) is 13.0 Å². The summed E-state index contributed by atoms with van der Waals surface area (Å²) in [6.45, 7) is 2.24. The van der Waals surface area contributed by atoms with Crippen molar-refractivity contribution in [3.8, 4) is 5.75 Å². The second-order valence-corrected chi connectivity index (χ2v) is 3.32. The lowest BCUT2D eigenvalue weighted by atomic mass is 10.0. The summed E-state index contributed by atoms with van der Waals surface area (Å²) < 4.78 is 0. The highest BCUT2D eigenvalue weighted by atomic mass is 16.3. The molecule has 1 nitrogen and oxygen atoms in total. The van der Waals surface area contributed by atoms with Gasteiger partial charge in [0, 0.05) is 0 Å². The molecule has 0 amide bonds. The highest BCUT2D eigenvalue weighted by molar-refractivity contribution is 5.39. The Bertz CT molecular complexity index is 278. The number of rotatable bonds is 0. The highest BCUT2D eigenvalue weighted by Gasteiger charge is 2.17. The first-order valence-corrected chi connectivity index (χ1v) is 4.09. The van der Waals surface area contributed by atoms with Crippen molar-refractivity contribution < 1.29 is 5.11 Å². The standard InChI is InChI=1S/C10H12O/c1-7-2-3-8-6-9(11)4-5-10(7)8/h4-7,11H,2-3H2,1H3. The minimum Gasteiger partial charge on any atom is -0.508 e. The molecule has 1 atom stereocenters. The fourth-order valence-corrected chi connectivity index (χ4v) is 1.82. The molecular formula is C10H12O. The molecule has 1 aromatic rings. The van der Waals surface area contributed by atoms with Crippen molar-refractivity contribution in [1.82, 2.24) is 0 Å². The summed E-state index contributed by atoms with van der Waals surface area (Å²) in [7, 11) is 0. The summed E-state index contributed by atoms with van der Waals surface area (Å²) in [4.78, 5) is 0. The molecule has 58 valence electrons. The van der Waals surface area contributed by atoms with E-state index in [1.54, 1.807) is 6.07 Å². The Hall–Kier alpha value is -0.980. The van der Waals surface area contributed by atoms with Gasteiger partial charge in [-0.15, -0.1) is 0 Å². The minimum absolute atomic E-state index is 0.401. The van der Waals surface area contributed by atoms with Gasteiger partial charge in [0.25, 0.3) is 0 Å². The van der Waals surface area contributed by atoms with Gasteiger partial charge in [0.1, 0.15) is 5.75 Å². The fourth-order valence-electron chi connectivity index (χ4n) is 1.82. The second kappa shape index (κ2) is 2.26. The average molecular weight is 148 g/mol. The monoisotopic (exact) mass is 148 g/mol. The van der Waals surface area contributed by atoms with Crippen LogP contribution in [0.1, 0.15) is 30.4 Å². The lowest BCUT2D eigenvalue weighted by Gasteiger charge is -2.03. The largest absolute Gasteiger partial charge is 0.508 e. The molecule has 0 spiro atoms. The Balaban J connectivity index is 2.50. The third-order valence-corrected chi connectivity index (χ3v) is 2.50. The van der Waals surface area contributed by atoms with Gasteiger partial charge in [-0.25, -0.2) is 0 Å². The third kappa shape index (κ3) is 1.01. The molecule has 2 rings (SSSR count). The number of phenols is 1. The quantitative estimate of drug-likeness (QED) is 0.599. The zero-order valence-electron chi connectivity index (χ0n) is 6.67. The van der Waals surface area contributed by atoms with E-state index >= 15 is 0 Å². The zero-order chi connectivity index (χ0) is 7.84. The topological polar surface area (TPSA) is 20.2 Å². The third-order valence-electron chi connectivity index (χ3n) is 2.50. The lowest BCUT2D eigenvalue weighted by molar-refractivity contribution is 0.474. The predicted molar refractivity (Wildman–Crippen MR) is 44.8 cm³/mol. The van der Waals surface area contributed by atoms with Crippen LogP contribution < -0.4 is 0 Å². The molecule has 0 fully saturated rings. The van der Waals surface area contributed by atoms with Crippen molar-refractivity contribution in [1.29, 1.82) is 0 Å². The molecule has 1 aliphatic carbocycles. The summed E-state index contributed by atoms with van der Waals surface area (Å²) in [5, 5.41) is 9.18. The lowest BCUT2D eigenvalue weighted by Crippen LogP contribution is -1.84. The van der Waals surface area contributed by atoms with Gasteiger partial charge in [-0.3, -0.25) is 0 Å². The van der Waals surface area contributed by atoms with E-state index in [1.165, 1.54) is 17.5 Å². The van der Waals surface area contributed by atoms with Crippen LogP contribution in [0.15, 0.2) is 18.2 Å². The van der Waals surface area contributed by atoms with E-state index in [9.17, 15) is 5.11 Å². The maximum Gasteiger partial charge on any atom is 0.115 e. The molecule has 11 heavy (non-hydrogen) atoms. The predicted octanol–water partition coefficient (Wildman–Crippen LogP) is 2.44. The Morgan fingerprint density at radius 2 is 2.27 bits per heavy atom. The highest BCUT2D eigenvalue weighted by Crippen LogP contribution is 2.34. The Morgan fingerprint density at radius 1 is 1.45 bits per heavy atom. The van der Waals surface area contributed by atoms with E-state index in [1.807, 2.05) is 12.1 Å². The van der Waals surface area contributed by atoms with Crippen LogP contribution in [0.5, 0.6) is 5.75 Å². The van der Waals surface area contributed by atoms with Crippen LogP contribution in [0.4, 0.5) is 0 Å². The summed E-state index contributed by atoms with van der Waals surface area (Å²) in [5.74, 6) is 1.09. The molecule has 0 heterocycles. The van der Waals surface area contributed by atoms with Crippen molar-refractivity contribution in [3.05, 3.63) is 29.3 Å². The molecule has 1 N–H and O–H groups in total. The summed E-state index contributed by atoms with van der Waals surface area (Å²) in [6, 6.07) is 5.71. The first kappa shape index (κ1) is 6.71. The Morgan fingerprint density at radius 3 is 3.09 bits per heavy atom. The Kier molecular flexibility index (Phi) is 1.38. The molecule has 0 saturated carbocycles. The van der Waals surface area contributed by atoms with E-state index in [0.717, 1.165) is 6.42 Å². The summed E-state index contributed by atoms with van der Waals surface area (Å²) in [6.07, 6.45) is 2.36. The fraction of sp³-hybridized carbons (Fsp3) is 0.400. The molecule has 0 saturated heterocycles. The van der Waals surface area contributed by atoms with E-state index in [2.05, 4.69) is 6.92 Å². The Labute approximate surface area is 66.7 Å². The van der Waals surface area contributed by atoms with Crippen LogP contribution in [0.3, 0.4) is 0 Å². The maximum absolute atomic E-state index is 9.18. The smallest absolute Gasteiger partial charge is 0.115 e. The molecule has 1 unspecified atom stereocenters. The maximum atomic E-state index is 9.18. The van der Waals surface area contributed by atoms with Crippen molar-refractivity contribution in [2.75, 3.05) is 0 Å². The van der Waals surface area contributed by atoms with Crippen LogP contribution in [0.25, 0.3) is 0 Å². The van der Waals surface area contributed by atoms with Crippen LogP contribution in [0, 0.1) is 0 Å². The second-order valence-electron chi connectivity index (χ2n) is 3.32. The SMILES string of the molecule is CC1CCc2cc(O)ccc21. The number of hydrogen-bond donors (Lipinski definition) is 1. The van der Waals surface area contributed by atoms with Crippen LogP contribution in [-0.4, -0.2) is 5.11 Å². The van der Waals surface area contributed by atoms with Gasteiger partial charge >= 0.3 is 0 Å². The zero-order valence-corrected chi connectivity index (χ0v) is 6.67. The van der Waals surface area contributed by atoms with Crippen molar-refractivity contribution in [3.63, 3.8) is 0 Å². The van der Waals surface area contributed by atoms with Crippen LogP contribution >= 0.6 is 0 Å². The molecule has 0 aliphatic heterocycles. The number of fused-ring (bicyclic) bond motifs is 1. The molecule has 0 aromatic heterocycles. The molecule has 1 aliphatic rings. The average Bonchev–Trinajstić information content (AvgIpc) is 2.32. The number of benzene rings is 1. The number of phenolic OH excluding ortho intramolecular Hbond substituents is 1. The summed E-state index contributed by atoms with van der Waals surface area (Å²) >= 11 is 0. The van der Waals surface area contributed by atoms with Crippen molar-refractivity contribution in [2.45, 2.75) is 25.7 Å². The van der Waals surface area contributed by atoms with E-state index < -0.39 is 0 Å². The molecule has 0 radical (unpaired) electrons. The molecular weight excluding hydrogens is 136 g/mol. The number of aryl methyl sites for hydroxylation is 1. The van der Waals surface area contributed by atoms with Crippen molar-refractivity contribution >= 4 is 0 Å². The van der Waals surface area contributed by atoms with Crippen molar-refractivity contribution in [2.24, 2.45) is 0 Å². The number of aromatic hydroxyl groups is 1. The first-order chi connectivity index (χ1) is 5.27. The van der Waals surface area contributed by atoms with Crippen LogP contribution in [-0.2, 0) is 6.42 Å². The normalized spacial score (nSPS) is 21.7. The van der Waals surface area contributed by atoms with E-state index in [-0.39, 0.29) is 0 Å². The van der Waals surface area contributed by atoms with Gasteiger partial charge in [0.15, 0.2) is 0 Å². The van der Waals surface area contributed by atoms with Gasteiger partial charge < -0.3 is 5.11 Å². The first-order valence-electron chi connectivity index (χ1n) is 4.09. The number of hydrogen-bond acceptors (Lipinski definition) is 1. The van der Waals surface area contributed by atoms with Crippen LogP contribution in [0.2, 0.25) is 0 Å². The van der Waals surface area contributed by atoms with Gasteiger partial charge in [0.05, 0.1) is 0 Å². The molecule has 1 heteroatoms. The van der Waals surface area contributed by atoms with E-state index in [4.69, 9.17) is 0 Å². The molecule has 0 bridgehead atoms. The summed E-state index contributed by atoms with van der Waals surface area (Å²) in [5.41, 5.74) is 2.75. The van der Waals surface area contributed by atoms with E-state index in [0.29, 0.717) is 11.7 Å². The van der Waals surface area contributed by atoms with Gasteiger partial charge in [-0.2, -0.15) is 0 Å². The minimum atomic E-state index is 0.401. The van der Waals surface area contributed by atoms with Gasteiger partial charge in [-0.05, 0) is 42.0 Å². The van der Waals surface area contributed by atoms with Gasteiger partial charge in [0.2, 0.25) is 0 Å².